The fourth-order valence-electron chi connectivity index (χ4n) is 1.68. The molecule has 6 nitrogen and oxygen atoms in total. The molecule has 112 valence electrons. The molecule has 0 unspecified atom stereocenters. The van der Waals surface area contributed by atoms with E-state index in [1.54, 1.807) is 0 Å². The molecule has 0 aliphatic rings. The van der Waals surface area contributed by atoms with Crippen molar-refractivity contribution in [3.63, 3.8) is 0 Å². The summed E-state index contributed by atoms with van der Waals surface area (Å²) in [5, 5.41) is 5.70. The van der Waals surface area contributed by atoms with E-state index in [4.69, 9.17) is 5.73 Å². The molecule has 2 amide bonds. The third kappa shape index (κ3) is 3.99. The molecule has 7 heteroatoms. The summed E-state index contributed by atoms with van der Waals surface area (Å²) in [4.78, 5) is 27.7. The van der Waals surface area contributed by atoms with Crippen LogP contribution in [0.4, 0.5) is 5.13 Å². The number of carbonyl (C=O) groups excluding carboxylic acids is 2. The number of amides is 2. The summed E-state index contributed by atoms with van der Waals surface area (Å²) in [6.45, 7) is 3.59. The number of carbonyl (C=O) groups is 2. The summed E-state index contributed by atoms with van der Waals surface area (Å²) in [5.74, 6) is -0.625. The lowest BCUT2D eigenvalue weighted by atomic mass is 10.1. The van der Waals surface area contributed by atoms with Gasteiger partial charge in [-0.2, -0.15) is 0 Å². The molecule has 0 aliphatic carbocycles. The van der Waals surface area contributed by atoms with Gasteiger partial charge in [-0.05, 0) is 18.1 Å². The van der Waals surface area contributed by atoms with Gasteiger partial charge in [0.05, 0.1) is 22.8 Å². The van der Waals surface area contributed by atoms with Crippen molar-refractivity contribution < 1.29 is 9.59 Å². The third-order valence-corrected chi connectivity index (χ3v) is 3.94. The number of hydrogen-bond acceptors (Lipinski definition) is 5. The minimum absolute atomic E-state index is 0.0253. The predicted octanol–water partition coefficient (Wildman–Crippen LogP) is 1.33. The number of anilines is 1. The first-order valence-corrected chi connectivity index (χ1v) is 7.47. The fraction of sp³-hybridized carbons (Fsp3) is 0.357. The second-order valence-electron chi connectivity index (χ2n) is 5.02. The van der Waals surface area contributed by atoms with E-state index < -0.39 is 6.04 Å². The topological polar surface area (TPSA) is 97.1 Å². The summed E-state index contributed by atoms with van der Waals surface area (Å²) >= 11 is 1.39. The van der Waals surface area contributed by atoms with Crippen molar-refractivity contribution in [1.29, 1.82) is 0 Å². The van der Waals surface area contributed by atoms with E-state index in [9.17, 15) is 9.59 Å². The molecular weight excluding hydrogens is 288 g/mol. The molecule has 0 saturated heterocycles. The standard InChI is InChI=1S/C14H18N4O2S/c1-8(2)12(15)13(20)16-7-11(19)18-14-17-9-5-3-4-6-10(9)21-14/h3-6,8,12H,7,15H2,1-2H3,(H,16,20)(H,17,18,19)/t12-/m0/s1. The number of aromatic nitrogens is 1. The van der Waals surface area contributed by atoms with Gasteiger partial charge in [-0.3, -0.25) is 9.59 Å². The van der Waals surface area contributed by atoms with E-state index in [1.807, 2.05) is 38.1 Å². The van der Waals surface area contributed by atoms with Crippen molar-refractivity contribution in [2.24, 2.45) is 11.7 Å². The summed E-state index contributed by atoms with van der Waals surface area (Å²) in [5.41, 5.74) is 6.53. The van der Waals surface area contributed by atoms with Crippen molar-refractivity contribution in [3.05, 3.63) is 24.3 Å². The number of nitrogens with two attached hydrogens (primary N) is 1. The molecule has 1 aromatic heterocycles. The van der Waals surface area contributed by atoms with Crippen LogP contribution in [0.5, 0.6) is 0 Å². The zero-order chi connectivity index (χ0) is 15.4. The normalized spacial score (nSPS) is 12.4. The fourth-order valence-corrected chi connectivity index (χ4v) is 2.56. The van der Waals surface area contributed by atoms with Crippen LogP contribution >= 0.6 is 11.3 Å². The lowest BCUT2D eigenvalue weighted by Crippen LogP contribution is -2.46. The Morgan fingerprint density at radius 2 is 2.05 bits per heavy atom. The van der Waals surface area contributed by atoms with E-state index in [-0.39, 0.29) is 24.3 Å². The molecule has 0 bridgehead atoms. The average molecular weight is 306 g/mol. The molecule has 2 aromatic rings. The van der Waals surface area contributed by atoms with Gasteiger partial charge in [0.25, 0.3) is 0 Å². The number of hydrogen-bond donors (Lipinski definition) is 3. The van der Waals surface area contributed by atoms with Crippen LogP contribution in [0.15, 0.2) is 24.3 Å². The molecule has 0 spiro atoms. The van der Waals surface area contributed by atoms with Crippen LogP contribution < -0.4 is 16.4 Å². The van der Waals surface area contributed by atoms with Crippen molar-refractivity contribution in [1.82, 2.24) is 10.3 Å². The highest BCUT2D eigenvalue weighted by Crippen LogP contribution is 2.25. The van der Waals surface area contributed by atoms with Crippen LogP contribution in [0.1, 0.15) is 13.8 Å². The molecule has 0 saturated carbocycles. The van der Waals surface area contributed by atoms with Gasteiger partial charge in [-0.15, -0.1) is 0 Å². The van der Waals surface area contributed by atoms with E-state index >= 15 is 0 Å². The summed E-state index contributed by atoms with van der Waals surface area (Å²) in [6.07, 6.45) is 0. The molecule has 1 heterocycles. The lowest BCUT2D eigenvalue weighted by Gasteiger charge is -2.14. The van der Waals surface area contributed by atoms with E-state index in [0.717, 1.165) is 10.2 Å². The van der Waals surface area contributed by atoms with Crippen LogP contribution in [0, 0.1) is 5.92 Å². The molecule has 2 rings (SSSR count). The molecule has 21 heavy (non-hydrogen) atoms. The molecule has 0 radical (unpaired) electrons. The first-order valence-electron chi connectivity index (χ1n) is 6.66. The molecular formula is C14H18N4O2S. The highest BCUT2D eigenvalue weighted by Gasteiger charge is 2.17. The van der Waals surface area contributed by atoms with E-state index in [1.165, 1.54) is 11.3 Å². The van der Waals surface area contributed by atoms with E-state index in [2.05, 4.69) is 15.6 Å². The Morgan fingerprint density at radius 1 is 1.33 bits per heavy atom. The van der Waals surface area contributed by atoms with Gasteiger partial charge in [-0.25, -0.2) is 4.98 Å². The number of thiazole rings is 1. The SMILES string of the molecule is CC(C)[C@H](N)C(=O)NCC(=O)Nc1nc2ccccc2s1. The lowest BCUT2D eigenvalue weighted by molar-refractivity contribution is -0.125. The first kappa shape index (κ1) is 15.4. The monoisotopic (exact) mass is 306 g/mol. The van der Waals surface area contributed by atoms with Gasteiger partial charge in [0.2, 0.25) is 11.8 Å². The van der Waals surface area contributed by atoms with Gasteiger partial charge in [0.1, 0.15) is 0 Å². The van der Waals surface area contributed by atoms with Crippen molar-refractivity contribution in [3.8, 4) is 0 Å². The second kappa shape index (κ2) is 6.64. The minimum atomic E-state index is -0.611. The van der Waals surface area contributed by atoms with Gasteiger partial charge in [0.15, 0.2) is 5.13 Å². The quantitative estimate of drug-likeness (QED) is 0.776. The molecule has 0 fully saturated rings. The van der Waals surface area contributed by atoms with Crippen LogP contribution in [0.2, 0.25) is 0 Å². The van der Waals surface area contributed by atoms with E-state index in [0.29, 0.717) is 5.13 Å². The van der Waals surface area contributed by atoms with Crippen LogP contribution in [-0.2, 0) is 9.59 Å². The largest absolute Gasteiger partial charge is 0.346 e. The maximum absolute atomic E-state index is 11.8. The summed E-state index contributed by atoms with van der Waals surface area (Å²) in [6, 6.07) is 7.01. The van der Waals surface area contributed by atoms with Gasteiger partial charge in [-0.1, -0.05) is 37.3 Å². The molecule has 4 N–H and O–H groups in total. The van der Waals surface area contributed by atoms with Crippen molar-refractivity contribution in [2.45, 2.75) is 19.9 Å². The minimum Gasteiger partial charge on any atom is -0.346 e. The Labute approximate surface area is 126 Å². The second-order valence-corrected chi connectivity index (χ2v) is 6.05. The number of fused-ring (bicyclic) bond motifs is 1. The van der Waals surface area contributed by atoms with Crippen molar-refractivity contribution in [2.75, 3.05) is 11.9 Å². The smallest absolute Gasteiger partial charge is 0.245 e. The maximum atomic E-state index is 11.8. The van der Waals surface area contributed by atoms with Crippen LogP contribution in [-0.4, -0.2) is 29.4 Å². The number of benzene rings is 1. The van der Waals surface area contributed by atoms with Gasteiger partial charge < -0.3 is 16.4 Å². The number of para-hydroxylation sites is 1. The Hall–Kier alpha value is -1.99. The Bertz CT molecular complexity index is 620. The predicted molar refractivity (Wildman–Crippen MR) is 84.1 cm³/mol. The van der Waals surface area contributed by atoms with Gasteiger partial charge >= 0.3 is 0 Å². The van der Waals surface area contributed by atoms with Gasteiger partial charge in [0, 0.05) is 0 Å². The molecule has 1 atom stereocenters. The average Bonchev–Trinajstić information content (AvgIpc) is 2.85. The van der Waals surface area contributed by atoms with Crippen molar-refractivity contribution >= 4 is 38.5 Å². The Morgan fingerprint density at radius 3 is 2.71 bits per heavy atom. The Kier molecular flexibility index (Phi) is 4.87. The van der Waals surface area contributed by atoms with Crippen LogP contribution in [0.3, 0.4) is 0 Å². The third-order valence-electron chi connectivity index (χ3n) is 2.98. The van der Waals surface area contributed by atoms with Crippen LogP contribution in [0.25, 0.3) is 10.2 Å². The zero-order valence-electron chi connectivity index (χ0n) is 11.9. The highest BCUT2D eigenvalue weighted by molar-refractivity contribution is 7.22. The zero-order valence-corrected chi connectivity index (χ0v) is 12.7. The Balaban J connectivity index is 1.88. The molecule has 1 aromatic carbocycles. The molecule has 0 aliphatic heterocycles. The number of rotatable bonds is 5. The first-order chi connectivity index (χ1) is 9.97. The number of nitrogens with one attached hydrogen (secondary N) is 2. The summed E-state index contributed by atoms with van der Waals surface area (Å²) in [7, 11) is 0. The maximum Gasteiger partial charge on any atom is 0.245 e. The highest BCUT2D eigenvalue weighted by atomic mass is 32.1. The number of nitrogens with zero attached hydrogens (tertiary/aromatic N) is 1. The summed E-state index contributed by atoms with van der Waals surface area (Å²) < 4.78 is 0.999.